The van der Waals surface area contributed by atoms with Crippen LogP contribution < -0.4 is 0 Å². The van der Waals surface area contributed by atoms with E-state index in [9.17, 15) is 19.2 Å². The number of allylic oxidation sites excluding steroid dienone is 2. The molecule has 3 aliphatic carbocycles. The molecule has 330 valence electrons. The molecule has 4 nitrogen and oxygen atoms in total. The lowest BCUT2D eigenvalue weighted by Crippen LogP contribution is -2.25. The van der Waals surface area contributed by atoms with Gasteiger partial charge in [0.25, 0.3) is 0 Å². The Bertz CT molecular complexity index is 2720. The minimum atomic E-state index is -0.340. The lowest BCUT2D eigenvalue weighted by atomic mass is 9.70. The normalized spacial score (nSPS) is 14.6. The summed E-state index contributed by atoms with van der Waals surface area (Å²) in [7, 11) is 0. The molecule has 0 aliphatic heterocycles. The maximum absolute atomic E-state index is 13.4. The van der Waals surface area contributed by atoms with Crippen LogP contribution in [0.3, 0.4) is 0 Å². The Balaban J connectivity index is 1.07. The molecule has 0 amide bonds. The molecule has 10 heteroatoms. The highest BCUT2D eigenvalue weighted by atomic mass is 35.5. The predicted molar refractivity (Wildman–Crippen MR) is 272 cm³/mol. The van der Waals surface area contributed by atoms with Gasteiger partial charge in [-0.15, -0.1) is 22.7 Å². The van der Waals surface area contributed by atoms with Crippen LogP contribution in [0.25, 0.3) is 44.2 Å². The van der Waals surface area contributed by atoms with E-state index in [1.54, 1.807) is 34.8 Å². The summed E-state index contributed by atoms with van der Waals surface area (Å²) in [6.45, 7) is 4.51. The minimum Gasteiger partial charge on any atom is -0.288 e. The molecular formula is C55H46Cl4O4S2. The monoisotopic (exact) mass is 974 g/mol. The topological polar surface area (TPSA) is 68.3 Å². The van der Waals surface area contributed by atoms with Crippen LogP contribution in [0.4, 0.5) is 0 Å². The van der Waals surface area contributed by atoms with E-state index in [-0.39, 0.29) is 82.0 Å². The van der Waals surface area contributed by atoms with Gasteiger partial charge in [-0.2, -0.15) is 0 Å². The van der Waals surface area contributed by atoms with Gasteiger partial charge in [0, 0.05) is 47.2 Å². The molecule has 0 atom stereocenters. The number of halogens is 4. The third kappa shape index (κ3) is 8.60. The van der Waals surface area contributed by atoms with E-state index < -0.39 is 0 Å². The summed E-state index contributed by atoms with van der Waals surface area (Å²) in [6, 6.07) is 27.9. The molecule has 4 aromatic carbocycles. The first-order valence-corrected chi connectivity index (χ1v) is 25.7. The van der Waals surface area contributed by atoms with Crippen LogP contribution in [0.15, 0.2) is 96.1 Å². The van der Waals surface area contributed by atoms with Crippen molar-refractivity contribution in [3.8, 4) is 32.0 Å². The van der Waals surface area contributed by atoms with Gasteiger partial charge < -0.3 is 0 Å². The van der Waals surface area contributed by atoms with Gasteiger partial charge in [0.1, 0.15) is 0 Å². The second-order valence-corrected chi connectivity index (χ2v) is 21.3. The minimum absolute atomic E-state index is 0.119. The lowest BCUT2D eigenvalue weighted by Gasteiger charge is -2.33. The van der Waals surface area contributed by atoms with E-state index >= 15 is 0 Å². The van der Waals surface area contributed by atoms with Gasteiger partial charge in [0.15, 0.2) is 23.1 Å². The number of Topliss-reactive ketones (excluding diaryl/α,β-unsaturated/α-hetero) is 4. The number of rotatable bonds is 16. The van der Waals surface area contributed by atoms with E-state index in [4.69, 9.17) is 46.4 Å². The Hall–Kier alpha value is -4.40. The summed E-state index contributed by atoms with van der Waals surface area (Å²) in [6.07, 6.45) is 17.4. The summed E-state index contributed by atoms with van der Waals surface area (Å²) in [5, 5.41) is 0.981. The molecule has 0 fully saturated rings. The van der Waals surface area contributed by atoms with Crippen molar-refractivity contribution in [2.75, 3.05) is 0 Å². The number of carbonyl (C=O) groups is 4. The van der Waals surface area contributed by atoms with Crippen LogP contribution in [0.2, 0.25) is 20.1 Å². The maximum Gasteiger partial charge on any atom is 0.197 e. The molecule has 0 spiro atoms. The van der Waals surface area contributed by atoms with E-state index in [0.717, 1.165) is 56.3 Å². The van der Waals surface area contributed by atoms with E-state index in [0.29, 0.717) is 0 Å². The zero-order valence-electron chi connectivity index (χ0n) is 36.2. The van der Waals surface area contributed by atoms with Gasteiger partial charge in [-0.05, 0) is 119 Å². The first-order valence-electron chi connectivity index (χ1n) is 22.5. The summed E-state index contributed by atoms with van der Waals surface area (Å²) in [5.41, 5.74) is 8.65. The van der Waals surface area contributed by atoms with Gasteiger partial charge in [0.2, 0.25) is 0 Å². The fourth-order valence-electron chi connectivity index (χ4n) is 9.88. The molecule has 0 saturated heterocycles. The average molecular weight is 977 g/mol. The summed E-state index contributed by atoms with van der Waals surface area (Å²) in [5.74, 6) is -1.36. The molecule has 0 unspecified atom stereocenters. The van der Waals surface area contributed by atoms with Gasteiger partial charge in [0.05, 0.1) is 31.2 Å². The first-order chi connectivity index (χ1) is 31.4. The van der Waals surface area contributed by atoms with Crippen LogP contribution >= 0.6 is 69.1 Å². The number of carbonyl (C=O) groups excluding carboxylic acids is 4. The van der Waals surface area contributed by atoms with Crippen molar-refractivity contribution in [2.24, 2.45) is 0 Å². The molecule has 65 heavy (non-hydrogen) atoms. The van der Waals surface area contributed by atoms with E-state index in [2.05, 4.69) is 62.4 Å². The Morgan fingerprint density at radius 3 is 1.14 bits per heavy atom. The van der Waals surface area contributed by atoms with Crippen LogP contribution in [-0.4, -0.2) is 23.1 Å². The molecule has 0 bridgehead atoms. The molecule has 6 aromatic rings. The Labute approximate surface area is 408 Å². The smallest absolute Gasteiger partial charge is 0.197 e. The number of hydrogen-bond acceptors (Lipinski definition) is 6. The van der Waals surface area contributed by atoms with Crippen LogP contribution in [0.5, 0.6) is 0 Å². The van der Waals surface area contributed by atoms with Crippen molar-refractivity contribution in [1.29, 1.82) is 0 Å². The molecule has 0 radical (unpaired) electrons. The van der Waals surface area contributed by atoms with Crippen molar-refractivity contribution in [2.45, 2.75) is 96.3 Å². The van der Waals surface area contributed by atoms with Gasteiger partial charge >= 0.3 is 0 Å². The van der Waals surface area contributed by atoms with Gasteiger partial charge in [-0.1, -0.05) is 149 Å². The lowest BCUT2D eigenvalue weighted by molar-refractivity contribution is 0.0975. The first kappa shape index (κ1) is 45.7. The summed E-state index contributed by atoms with van der Waals surface area (Å²) >= 11 is 28.0. The standard InChI is InChI=1S/C55H46Cl4O4S2/c1-3-5-7-9-11-21-55(22-12-10-8-6-4-2)43-23-31(49-19-15-33(64-49)25-41-51(60)37-27-45(56)46(57)28-38(37)52(41)61)13-17-35(43)36-18-14-32(24-44(36)55)50-20-16-34(65-50)26-42-53(62)39-29-47(58)48(59)30-40(39)54(42)63/h13-20,23-30H,3-12,21-22H2,1-2H3. The van der Waals surface area contributed by atoms with Crippen molar-refractivity contribution in [3.63, 3.8) is 0 Å². The third-order valence-electron chi connectivity index (χ3n) is 13.2. The molecule has 3 aliphatic rings. The number of fused-ring (bicyclic) bond motifs is 5. The number of thiophene rings is 2. The molecule has 2 heterocycles. The van der Waals surface area contributed by atoms with Crippen LogP contribution in [0, 0.1) is 0 Å². The van der Waals surface area contributed by atoms with Crippen molar-refractivity contribution < 1.29 is 19.2 Å². The van der Waals surface area contributed by atoms with Crippen LogP contribution in [-0.2, 0) is 5.41 Å². The molecule has 0 saturated carbocycles. The highest BCUT2D eigenvalue weighted by Crippen LogP contribution is 2.56. The highest BCUT2D eigenvalue weighted by molar-refractivity contribution is 7.16. The zero-order chi connectivity index (χ0) is 45.6. The number of ketones is 4. The molecular weight excluding hydrogens is 931 g/mol. The Morgan fingerprint density at radius 2 is 0.785 bits per heavy atom. The number of hydrogen-bond donors (Lipinski definition) is 0. The van der Waals surface area contributed by atoms with Gasteiger partial charge in [-0.3, -0.25) is 19.2 Å². The van der Waals surface area contributed by atoms with Gasteiger partial charge in [-0.25, -0.2) is 0 Å². The fourth-order valence-corrected chi connectivity index (χ4v) is 12.4. The molecule has 0 N–H and O–H groups in total. The second-order valence-electron chi connectivity index (χ2n) is 17.4. The van der Waals surface area contributed by atoms with Crippen LogP contribution in [0.1, 0.15) is 153 Å². The molecule has 9 rings (SSSR count). The third-order valence-corrected chi connectivity index (χ3v) is 16.9. The second kappa shape index (κ2) is 19.1. The van der Waals surface area contributed by atoms with E-state index in [1.807, 2.05) is 12.1 Å². The fraction of sp³-hybridized carbons (Fsp3) is 0.273. The zero-order valence-corrected chi connectivity index (χ0v) is 40.8. The Morgan fingerprint density at radius 1 is 0.431 bits per heavy atom. The van der Waals surface area contributed by atoms with Crippen molar-refractivity contribution in [3.05, 3.63) is 159 Å². The van der Waals surface area contributed by atoms with E-state index in [1.165, 1.54) is 97.9 Å². The quantitative estimate of drug-likeness (QED) is 0.0550. The summed E-state index contributed by atoms with van der Waals surface area (Å²) < 4.78 is 0. The largest absolute Gasteiger partial charge is 0.288 e. The Kier molecular flexibility index (Phi) is 13.4. The molecule has 2 aromatic heterocycles. The SMILES string of the molecule is CCCCCCCC1(CCCCCCC)c2cc(-c3ccc(C=C4C(=O)c5cc(Cl)c(Cl)cc5C4=O)s3)ccc2-c2ccc(-c3ccc(C=C4C(=O)c5cc(Cl)c(Cl)cc5C4=O)s3)cc21. The van der Waals surface area contributed by atoms with Crippen molar-refractivity contribution >= 4 is 104 Å². The predicted octanol–water partition coefficient (Wildman–Crippen LogP) is 17.7. The maximum atomic E-state index is 13.4. The number of benzene rings is 4. The highest BCUT2D eigenvalue weighted by Gasteiger charge is 2.43. The summed E-state index contributed by atoms with van der Waals surface area (Å²) in [4.78, 5) is 57.3. The van der Waals surface area contributed by atoms with Crippen molar-refractivity contribution in [1.82, 2.24) is 0 Å². The average Bonchev–Trinajstić information content (AvgIpc) is 4.11. The number of unbranched alkanes of at least 4 members (excludes halogenated alkanes) is 8.